The highest BCUT2D eigenvalue weighted by molar-refractivity contribution is 5.67. The molecule has 1 saturated carbocycles. The summed E-state index contributed by atoms with van der Waals surface area (Å²) in [6.07, 6.45) is 4.85. The van der Waals surface area contributed by atoms with E-state index in [1.165, 1.54) is 25.7 Å². The molecule has 0 aromatic carbocycles. The predicted molar refractivity (Wildman–Crippen MR) is 71.5 cm³/mol. The minimum Gasteiger partial charge on any atom is -0.444 e. The predicted octanol–water partition coefficient (Wildman–Crippen LogP) is 2.29. The first-order valence-corrected chi connectivity index (χ1v) is 7.09. The molecule has 1 saturated heterocycles. The number of rotatable bonds is 2. The first-order valence-electron chi connectivity index (χ1n) is 7.09. The molecule has 1 aliphatic heterocycles. The lowest BCUT2D eigenvalue weighted by molar-refractivity contribution is 0.0469. The van der Waals surface area contributed by atoms with E-state index < -0.39 is 5.60 Å². The SMILES string of the molecule is CC(C)(C)OC(=O)NC[C@]12CCCC[C@H]1CNC2. The molecule has 1 aliphatic carbocycles. The van der Waals surface area contributed by atoms with Crippen molar-refractivity contribution in [1.29, 1.82) is 0 Å². The van der Waals surface area contributed by atoms with Crippen molar-refractivity contribution in [3.63, 3.8) is 0 Å². The number of hydrogen-bond acceptors (Lipinski definition) is 3. The standard InChI is InChI=1S/C14H26N2O2/c1-13(2,3)18-12(17)16-10-14-7-5-4-6-11(14)8-15-9-14/h11,15H,4-10H2,1-3H3,(H,16,17)/t11-,14+/m0/s1. The van der Waals surface area contributed by atoms with Crippen LogP contribution in [0.1, 0.15) is 46.5 Å². The number of nitrogens with one attached hydrogen (secondary N) is 2. The Morgan fingerprint density at radius 1 is 1.44 bits per heavy atom. The maximum atomic E-state index is 11.7. The molecule has 2 N–H and O–H groups in total. The fourth-order valence-corrected chi connectivity index (χ4v) is 3.28. The number of carbonyl (C=O) groups is 1. The summed E-state index contributed by atoms with van der Waals surface area (Å²) in [6.45, 7) is 8.57. The highest BCUT2D eigenvalue weighted by atomic mass is 16.6. The Morgan fingerprint density at radius 3 is 2.94 bits per heavy atom. The van der Waals surface area contributed by atoms with Gasteiger partial charge in [-0.2, -0.15) is 0 Å². The van der Waals surface area contributed by atoms with Crippen molar-refractivity contribution in [2.24, 2.45) is 11.3 Å². The van der Waals surface area contributed by atoms with Crippen molar-refractivity contribution in [3.8, 4) is 0 Å². The van der Waals surface area contributed by atoms with E-state index in [2.05, 4.69) is 10.6 Å². The second-order valence-corrected chi connectivity index (χ2v) is 6.79. The molecule has 4 heteroatoms. The number of carbonyl (C=O) groups excluding carboxylic acids is 1. The number of alkyl carbamates (subject to hydrolysis) is 1. The molecule has 2 atom stereocenters. The number of fused-ring (bicyclic) bond motifs is 1. The normalized spacial score (nSPS) is 31.8. The van der Waals surface area contributed by atoms with Gasteiger partial charge in [-0.1, -0.05) is 12.8 Å². The third kappa shape index (κ3) is 3.16. The molecular formula is C14H26N2O2. The fraction of sp³-hybridized carbons (Fsp3) is 0.929. The zero-order chi connectivity index (χ0) is 13.2. The zero-order valence-electron chi connectivity index (χ0n) is 11.8. The molecule has 2 fully saturated rings. The van der Waals surface area contributed by atoms with Gasteiger partial charge in [-0.15, -0.1) is 0 Å². The van der Waals surface area contributed by atoms with Crippen LogP contribution in [0.25, 0.3) is 0 Å². The molecule has 0 unspecified atom stereocenters. The smallest absolute Gasteiger partial charge is 0.407 e. The second kappa shape index (κ2) is 5.08. The largest absolute Gasteiger partial charge is 0.444 e. The summed E-state index contributed by atoms with van der Waals surface area (Å²) in [5.41, 5.74) is -0.142. The van der Waals surface area contributed by atoms with Gasteiger partial charge < -0.3 is 15.4 Å². The van der Waals surface area contributed by atoms with Gasteiger partial charge in [-0.3, -0.25) is 0 Å². The van der Waals surface area contributed by atoms with Crippen LogP contribution in [0.15, 0.2) is 0 Å². The van der Waals surface area contributed by atoms with Crippen molar-refractivity contribution < 1.29 is 9.53 Å². The Labute approximate surface area is 110 Å². The average Bonchev–Trinajstić information content (AvgIpc) is 2.68. The Kier molecular flexibility index (Phi) is 3.85. The van der Waals surface area contributed by atoms with Crippen molar-refractivity contribution in [1.82, 2.24) is 10.6 Å². The minimum absolute atomic E-state index is 0.273. The second-order valence-electron chi connectivity index (χ2n) is 6.79. The molecule has 0 bridgehead atoms. The van der Waals surface area contributed by atoms with E-state index in [4.69, 9.17) is 4.74 Å². The Morgan fingerprint density at radius 2 is 2.22 bits per heavy atom. The third-order valence-electron chi connectivity index (χ3n) is 4.19. The summed E-state index contributed by atoms with van der Waals surface area (Å²) in [7, 11) is 0. The average molecular weight is 254 g/mol. The van der Waals surface area contributed by atoms with Crippen LogP contribution in [0.4, 0.5) is 4.79 Å². The molecule has 0 aromatic heterocycles. The quantitative estimate of drug-likeness (QED) is 0.795. The molecule has 0 spiro atoms. The van der Waals surface area contributed by atoms with Crippen LogP contribution in [0, 0.1) is 11.3 Å². The van der Waals surface area contributed by atoms with Crippen LogP contribution in [0.3, 0.4) is 0 Å². The number of hydrogen-bond donors (Lipinski definition) is 2. The maximum Gasteiger partial charge on any atom is 0.407 e. The Balaban J connectivity index is 1.86. The molecule has 4 nitrogen and oxygen atoms in total. The van der Waals surface area contributed by atoms with Crippen LogP contribution < -0.4 is 10.6 Å². The van der Waals surface area contributed by atoms with Crippen molar-refractivity contribution >= 4 is 6.09 Å². The van der Waals surface area contributed by atoms with Crippen molar-refractivity contribution in [3.05, 3.63) is 0 Å². The third-order valence-corrected chi connectivity index (χ3v) is 4.19. The van der Waals surface area contributed by atoms with E-state index in [0.717, 1.165) is 25.6 Å². The van der Waals surface area contributed by atoms with Gasteiger partial charge >= 0.3 is 6.09 Å². The van der Waals surface area contributed by atoms with Crippen LogP contribution in [-0.2, 0) is 4.74 Å². The molecule has 104 valence electrons. The summed E-state index contributed by atoms with van der Waals surface area (Å²) < 4.78 is 5.30. The summed E-state index contributed by atoms with van der Waals surface area (Å²) in [5.74, 6) is 0.723. The van der Waals surface area contributed by atoms with Crippen LogP contribution >= 0.6 is 0 Å². The van der Waals surface area contributed by atoms with Crippen molar-refractivity contribution in [2.75, 3.05) is 19.6 Å². The van der Waals surface area contributed by atoms with E-state index in [1.54, 1.807) is 0 Å². The fourth-order valence-electron chi connectivity index (χ4n) is 3.28. The van der Waals surface area contributed by atoms with E-state index in [-0.39, 0.29) is 11.5 Å². The molecule has 2 rings (SSSR count). The topological polar surface area (TPSA) is 50.4 Å². The monoisotopic (exact) mass is 254 g/mol. The lowest BCUT2D eigenvalue weighted by Crippen LogP contribution is -2.45. The highest BCUT2D eigenvalue weighted by Gasteiger charge is 2.44. The van der Waals surface area contributed by atoms with E-state index >= 15 is 0 Å². The minimum atomic E-state index is -0.415. The molecule has 1 heterocycles. The Bertz CT molecular complexity index is 311. The van der Waals surface area contributed by atoms with Gasteiger partial charge in [0, 0.05) is 18.5 Å². The molecule has 18 heavy (non-hydrogen) atoms. The van der Waals surface area contributed by atoms with Gasteiger partial charge in [-0.05, 0) is 46.1 Å². The first-order chi connectivity index (χ1) is 8.41. The lowest BCUT2D eigenvalue weighted by Gasteiger charge is -2.38. The van der Waals surface area contributed by atoms with E-state index in [0.29, 0.717) is 0 Å². The zero-order valence-corrected chi connectivity index (χ0v) is 11.8. The molecular weight excluding hydrogens is 228 g/mol. The van der Waals surface area contributed by atoms with Gasteiger partial charge in [0.25, 0.3) is 0 Å². The van der Waals surface area contributed by atoms with Crippen LogP contribution in [0.2, 0.25) is 0 Å². The van der Waals surface area contributed by atoms with Gasteiger partial charge in [0.15, 0.2) is 0 Å². The van der Waals surface area contributed by atoms with Gasteiger partial charge in [-0.25, -0.2) is 4.79 Å². The number of amides is 1. The van der Waals surface area contributed by atoms with Crippen molar-refractivity contribution in [2.45, 2.75) is 52.1 Å². The molecule has 1 amide bonds. The highest BCUT2D eigenvalue weighted by Crippen LogP contribution is 2.43. The van der Waals surface area contributed by atoms with Gasteiger partial charge in [0.05, 0.1) is 0 Å². The van der Waals surface area contributed by atoms with Crippen LogP contribution in [-0.4, -0.2) is 31.3 Å². The summed E-state index contributed by atoms with van der Waals surface area (Å²) in [5, 5.41) is 6.45. The molecule has 2 aliphatic rings. The lowest BCUT2D eigenvalue weighted by atomic mass is 9.68. The molecule has 0 radical (unpaired) electrons. The van der Waals surface area contributed by atoms with Gasteiger partial charge in [0.2, 0.25) is 0 Å². The maximum absolute atomic E-state index is 11.7. The molecule has 0 aromatic rings. The van der Waals surface area contributed by atoms with Gasteiger partial charge in [0.1, 0.15) is 5.60 Å². The Hall–Kier alpha value is -0.770. The van der Waals surface area contributed by atoms with Crippen LogP contribution in [0.5, 0.6) is 0 Å². The summed E-state index contributed by atoms with van der Waals surface area (Å²) in [6, 6.07) is 0. The summed E-state index contributed by atoms with van der Waals surface area (Å²) in [4.78, 5) is 11.7. The first kappa shape index (κ1) is 13.7. The van der Waals surface area contributed by atoms with E-state index in [1.807, 2.05) is 20.8 Å². The summed E-state index contributed by atoms with van der Waals surface area (Å²) >= 11 is 0. The van der Waals surface area contributed by atoms with E-state index in [9.17, 15) is 4.79 Å². The number of ether oxygens (including phenoxy) is 1.